The zero-order chi connectivity index (χ0) is 23.8. The van der Waals surface area contributed by atoms with Gasteiger partial charge in [0.25, 0.3) is 0 Å². The summed E-state index contributed by atoms with van der Waals surface area (Å²) >= 11 is 0. The molecule has 34 heavy (non-hydrogen) atoms. The molecular formula is C27H35N2NaO4. The molecule has 1 saturated heterocycles. The van der Waals surface area contributed by atoms with E-state index < -0.39 is 5.97 Å². The topological polar surface area (TPSA) is 81.7 Å². The summed E-state index contributed by atoms with van der Waals surface area (Å²) in [5.74, 6) is -0.743. The first kappa shape index (κ1) is 28.2. The minimum Gasteiger partial charge on any atom is -0.545 e. The molecule has 1 aliphatic heterocycles. The molecule has 3 rings (SSSR count). The van der Waals surface area contributed by atoms with Crippen molar-refractivity contribution < 1.29 is 49.0 Å². The molecule has 0 unspecified atom stereocenters. The van der Waals surface area contributed by atoms with Crippen LogP contribution in [0, 0.1) is 5.92 Å². The van der Waals surface area contributed by atoms with Crippen molar-refractivity contribution in [3.63, 3.8) is 0 Å². The van der Waals surface area contributed by atoms with E-state index in [2.05, 4.69) is 42.3 Å². The van der Waals surface area contributed by atoms with E-state index in [0.717, 1.165) is 25.1 Å². The number of aromatic carboxylic acids is 1. The van der Waals surface area contributed by atoms with Gasteiger partial charge in [-0.1, -0.05) is 38.1 Å². The van der Waals surface area contributed by atoms with E-state index in [1.54, 1.807) is 19.1 Å². The number of carboxylic acids is 1. The Balaban J connectivity index is 0.00000408. The molecule has 0 bridgehead atoms. The number of nitrogens with one attached hydrogen (secondary N) is 1. The molecule has 0 aromatic heterocycles. The van der Waals surface area contributed by atoms with Gasteiger partial charge in [0, 0.05) is 24.3 Å². The van der Waals surface area contributed by atoms with Crippen LogP contribution in [0.5, 0.6) is 5.75 Å². The minimum absolute atomic E-state index is 0. The Morgan fingerprint density at radius 2 is 1.79 bits per heavy atom. The zero-order valence-corrected chi connectivity index (χ0v) is 22.9. The second-order valence-electron chi connectivity index (χ2n) is 9.08. The van der Waals surface area contributed by atoms with Crippen molar-refractivity contribution in [2.24, 2.45) is 5.92 Å². The number of hydrogen-bond acceptors (Lipinski definition) is 5. The number of piperidine rings is 1. The summed E-state index contributed by atoms with van der Waals surface area (Å²) in [4.78, 5) is 26.8. The third kappa shape index (κ3) is 7.76. The maximum absolute atomic E-state index is 13.1. The van der Waals surface area contributed by atoms with Crippen molar-refractivity contribution in [1.29, 1.82) is 0 Å². The van der Waals surface area contributed by atoms with Crippen molar-refractivity contribution in [3.8, 4) is 5.75 Å². The molecule has 178 valence electrons. The third-order valence-corrected chi connectivity index (χ3v) is 5.98. The predicted octanol–water partition coefficient (Wildman–Crippen LogP) is 0.889. The van der Waals surface area contributed by atoms with Gasteiger partial charge in [0.2, 0.25) is 5.91 Å². The summed E-state index contributed by atoms with van der Waals surface area (Å²) in [5.41, 5.74) is 3.06. The largest absolute Gasteiger partial charge is 1.00 e. The second kappa shape index (κ2) is 13.8. The number of hydrogen-bond donors (Lipinski definition) is 1. The van der Waals surface area contributed by atoms with Crippen molar-refractivity contribution in [2.75, 3.05) is 24.6 Å². The van der Waals surface area contributed by atoms with Gasteiger partial charge in [-0.3, -0.25) is 4.79 Å². The van der Waals surface area contributed by atoms with Crippen molar-refractivity contribution >= 4 is 17.6 Å². The molecule has 0 spiro atoms. The minimum atomic E-state index is -1.29. The van der Waals surface area contributed by atoms with Crippen LogP contribution < -0.4 is 49.6 Å². The van der Waals surface area contributed by atoms with Gasteiger partial charge in [0.05, 0.1) is 25.0 Å². The standard InChI is InChI=1S/C27H36N2O4.Na/c1-4-33-25-17-20(12-13-22(25)27(31)32)18-26(30)28-23(16-19(2)3)21-10-6-7-11-24(21)29-14-8-5-9-15-29;/h6-7,10-13,17,19,23H,4-5,8-9,14-16,18H2,1-3H3,(H,28,30)(H,31,32);/q;+1/p-1/t23-;/m0./s1. The third-order valence-electron chi connectivity index (χ3n) is 5.98. The van der Waals surface area contributed by atoms with E-state index in [0.29, 0.717) is 18.1 Å². The fourth-order valence-corrected chi connectivity index (χ4v) is 4.49. The Hall–Kier alpha value is -2.02. The van der Waals surface area contributed by atoms with Crippen LogP contribution >= 0.6 is 0 Å². The predicted molar refractivity (Wildman–Crippen MR) is 128 cm³/mol. The molecule has 1 heterocycles. The van der Waals surface area contributed by atoms with Crippen molar-refractivity contribution in [1.82, 2.24) is 5.32 Å². The molecule has 2 aromatic rings. The number of ether oxygens (including phenoxy) is 1. The van der Waals surface area contributed by atoms with E-state index in [1.165, 1.54) is 31.0 Å². The summed E-state index contributed by atoms with van der Waals surface area (Å²) < 4.78 is 5.45. The molecule has 1 amide bonds. The average molecular weight is 475 g/mol. The molecule has 1 fully saturated rings. The van der Waals surface area contributed by atoms with Crippen LogP contribution in [-0.4, -0.2) is 31.6 Å². The molecule has 1 aliphatic rings. The summed E-state index contributed by atoms with van der Waals surface area (Å²) in [6.07, 6.45) is 4.64. The fraction of sp³-hybridized carbons (Fsp3) is 0.481. The van der Waals surface area contributed by atoms with Crippen molar-refractivity contribution in [3.05, 3.63) is 59.2 Å². The van der Waals surface area contributed by atoms with Gasteiger partial charge in [-0.15, -0.1) is 0 Å². The zero-order valence-electron chi connectivity index (χ0n) is 20.9. The molecule has 1 N–H and O–H groups in total. The van der Waals surface area contributed by atoms with Crippen LogP contribution in [0.25, 0.3) is 0 Å². The summed E-state index contributed by atoms with van der Waals surface area (Å²) in [5, 5.41) is 14.6. The molecule has 0 radical (unpaired) electrons. The first-order valence-electron chi connectivity index (χ1n) is 12.0. The normalized spacial score (nSPS) is 14.3. The van der Waals surface area contributed by atoms with Gasteiger partial charge in [0.15, 0.2) is 0 Å². The summed E-state index contributed by atoms with van der Waals surface area (Å²) in [6.45, 7) is 8.54. The van der Waals surface area contributed by atoms with E-state index >= 15 is 0 Å². The smallest absolute Gasteiger partial charge is 0.545 e. The number of anilines is 1. The summed E-state index contributed by atoms with van der Waals surface area (Å²) in [6, 6.07) is 13.0. The molecule has 0 aliphatic carbocycles. The van der Waals surface area contributed by atoms with Gasteiger partial charge >= 0.3 is 29.6 Å². The van der Waals surface area contributed by atoms with E-state index in [1.807, 2.05) is 6.07 Å². The molecule has 7 heteroatoms. The first-order chi connectivity index (χ1) is 15.9. The summed E-state index contributed by atoms with van der Waals surface area (Å²) in [7, 11) is 0. The molecule has 0 saturated carbocycles. The van der Waals surface area contributed by atoms with Crippen LogP contribution in [0.3, 0.4) is 0 Å². The second-order valence-corrected chi connectivity index (χ2v) is 9.08. The van der Waals surface area contributed by atoms with E-state index in [4.69, 9.17) is 4.74 Å². The van der Waals surface area contributed by atoms with Gasteiger partial charge in [-0.05, 0) is 67.9 Å². The van der Waals surface area contributed by atoms with Crippen LogP contribution in [0.1, 0.15) is 74.0 Å². The SMILES string of the molecule is CCOc1cc(CC(=O)N[C@@H](CC(C)C)c2ccccc2N2CCCCC2)ccc1C(=O)[O-].[Na+]. The number of nitrogens with zero attached hydrogens (tertiary/aromatic N) is 1. The molecule has 1 atom stereocenters. The Bertz CT molecular complexity index is 957. The maximum Gasteiger partial charge on any atom is 1.00 e. The quantitative estimate of drug-likeness (QED) is 0.518. The number of carboxylic acid groups (broad SMARTS) is 1. The average Bonchev–Trinajstić information content (AvgIpc) is 2.79. The van der Waals surface area contributed by atoms with Gasteiger partial charge in [-0.25, -0.2) is 0 Å². The van der Waals surface area contributed by atoms with E-state index in [9.17, 15) is 14.7 Å². The Morgan fingerprint density at radius 1 is 1.09 bits per heavy atom. The molecule has 2 aromatic carbocycles. The van der Waals surface area contributed by atoms with Crippen LogP contribution in [0.15, 0.2) is 42.5 Å². The van der Waals surface area contributed by atoms with Gasteiger partial charge in [-0.2, -0.15) is 0 Å². The molecular weight excluding hydrogens is 439 g/mol. The molecule has 6 nitrogen and oxygen atoms in total. The van der Waals surface area contributed by atoms with Crippen LogP contribution in [-0.2, 0) is 11.2 Å². The van der Waals surface area contributed by atoms with Crippen LogP contribution in [0.2, 0.25) is 0 Å². The Kier molecular flexibility index (Phi) is 11.4. The Labute approximate surface area is 225 Å². The Morgan fingerprint density at radius 3 is 2.44 bits per heavy atom. The van der Waals surface area contributed by atoms with E-state index in [-0.39, 0.29) is 59.2 Å². The number of para-hydroxylation sites is 1. The van der Waals surface area contributed by atoms with Gasteiger partial charge < -0.3 is 24.9 Å². The monoisotopic (exact) mass is 474 g/mol. The van der Waals surface area contributed by atoms with Crippen LogP contribution in [0.4, 0.5) is 5.69 Å². The van der Waals surface area contributed by atoms with Gasteiger partial charge in [0.1, 0.15) is 5.75 Å². The maximum atomic E-state index is 13.1. The fourth-order valence-electron chi connectivity index (χ4n) is 4.49. The first-order valence-corrected chi connectivity index (χ1v) is 12.0. The number of carbonyl (C=O) groups is 2. The number of benzene rings is 2. The number of carbonyl (C=O) groups excluding carboxylic acids is 2. The number of rotatable bonds is 10. The van der Waals surface area contributed by atoms with Crippen molar-refractivity contribution in [2.45, 2.75) is 58.9 Å². The number of amides is 1.